The molecular weight excluding hydrogens is 498 g/mol. The van der Waals surface area contributed by atoms with Crippen LogP contribution in [0.15, 0.2) is 35.1 Å². The van der Waals surface area contributed by atoms with E-state index in [0.29, 0.717) is 28.2 Å². The van der Waals surface area contributed by atoms with E-state index >= 15 is 0 Å². The molecule has 150 valence electrons. The number of pyridine rings is 1. The largest absolute Gasteiger partial charge is 0.383 e. The van der Waals surface area contributed by atoms with Crippen molar-refractivity contribution in [3.8, 4) is 0 Å². The summed E-state index contributed by atoms with van der Waals surface area (Å²) < 4.78 is 14.7. The van der Waals surface area contributed by atoms with Crippen molar-refractivity contribution in [3.05, 3.63) is 40.7 Å². The Kier molecular flexibility index (Phi) is 6.76. The molecule has 1 saturated heterocycles. The fourth-order valence-electron chi connectivity index (χ4n) is 3.18. The van der Waals surface area contributed by atoms with Gasteiger partial charge in [0, 0.05) is 49.4 Å². The number of halogens is 3. The van der Waals surface area contributed by atoms with Crippen molar-refractivity contribution in [1.29, 1.82) is 0 Å². The van der Waals surface area contributed by atoms with Gasteiger partial charge in [0.15, 0.2) is 11.6 Å². The predicted octanol–water partition coefficient (Wildman–Crippen LogP) is 3.10. The maximum Gasteiger partial charge on any atom is 0.219 e. The molecule has 0 bridgehead atoms. The number of aromatic nitrogens is 2. The van der Waals surface area contributed by atoms with Gasteiger partial charge in [0.1, 0.15) is 11.5 Å². The van der Waals surface area contributed by atoms with Gasteiger partial charge >= 0.3 is 0 Å². The van der Waals surface area contributed by atoms with E-state index in [4.69, 9.17) is 17.3 Å². The summed E-state index contributed by atoms with van der Waals surface area (Å²) in [6, 6.07) is 1.65. The van der Waals surface area contributed by atoms with E-state index in [9.17, 15) is 9.18 Å². The number of piperidine rings is 1. The number of hydrogen-bond acceptors (Lipinski definition) is 4. The molecule has 0 aliphatic carbocycles. The van der Waals surface area contributed by atoms with E-state index in [2.05, 4.69) is 20.3 Å². The summed E-state index contributed by atoms with van der Waals surface area (Å²) in [5.41, 5.74) is 7.40. The average molecular weight is 519 g/mol. The number of alkyl halides is 1. The third-order valence-electron chi connectivity index (χ3n) is 4.59. The molecule has 0 unspecified atom stereocenters. The minimum Gasteiger partial charge on any atom is -0.383 e. The van der Waals surface area contributed by atoms with Crippen LogP contribution in [0.1, 0.15) is 25.3 Å². The van der Waals surface area contributed by atoms with Crippen LogP contribution < -0.4 is 11.1 Å². The summed E-state index contributed by atoms with van der Waals surface area (Å²) in [7, 11) is 0. The minimum atomic E-state index is -0.403. The first-order chi connectivity index (χ1) is 13.4. The van der Waals surface area contributed by atoms with Crippen molar-refractivity contribution in [1.82, 2.24) is 20.2 Å². The molecule has 1 atom stereocenters. The SMILES string of the molecule is CC(=O)N1CCC[C@H](N/C(N=C(N)c2c[nH]c3ncc(Cl)cc23)=C(\F)CI)C1. The molecule has 0 saturated carbocycles. The number of likely N-dealkylation sites (tertiary alicyclic amines) is 1. The standard InChI is InChI=1S/C18H21ClFIN6O/c1-10(28)27-4-2-3-12(9-27)25-18(15(20)6-21)26-16(22)14-8-24-17-13(14)5-11(19)7-23-17/h5,7-8,12,25H,2-4,6,9H2,1H3,(H2,22,26)(H,23,24)/b18-15+/t12-/m0/s1. The second kappa shape index (κ2) is 9.08. The van der Waals surface area contributed by atoms with Crippen molar-refractivity contribution in [3.63, 3.8) is 0 Å². The Morgan fingerprint density at radius 3 is 3.11 bits per heavy atom. The normalized spacial score (nSPS) is 18.9. The molecule has 1 amide bonds. The lowest BCUT2D eigenvalue weighted by Crippen LogP contribution is -2.47. The molecule has 0 radical (unpaired) electrons. The number of allylic oxidation sites excluding steroid dienone is 1. The zero-order valence-electron chi connectivity index (χ0n) is 15.3. The molecule has 3 rings (SSSR count). The van der Waals surface area contributed by atoms with Gasteiger partial charge in [0.05, 0.1) is 9.45 Å². The second-order valence-electron chi connectivity index (χ2n) is 6.58. The highest BCUT2D eigenvalue weighted by Crippen LogP contribution is 2.21. The predicted molar refractivity (Wildman–Crippen MR) is 117 cm³/mol. The lowest BCUT2D eigenvalue weighted by atomic mass is 10.1. The lowest BCUT2D eigenvalue weighted by molar-refractivity contribution is -0.130. The number of amidine groups is 1. The minimum absolute atomic E-state index is 0.0116. The highest BCUT2D eigenvalue weighted by Gasteiger charge is 2.23. The van der Waals surface area contributed by atoms with Gasteiger partial charge in [-0.3, -0.25) is 4.79 Å². The zero-order chi connectivity index (χ0) is 20.3. The summed E-state index contributed by atoms with van der Waals surface area (Å²) in [6.07, 6.45) is 4.88. The van der Waals surface area contributed by atoms with Gasteiger partial charge in [0.25, 0.3) is 0 Å². The van der Waals surface area contributed by atoms with Crippen molar-refractivity contribution in [2.45, 2.75) is 25.8 Å². The molecule has 2 aromatic rings. The summed E-state index contributed by atoms with van der Waals surface area (Å²) >= 11 is 7.96. The number of hydrogen-bond donors (Lipinski definition) is 3. The van der Waals surface area contributed by atoms with E-state index in [1.165, 1.54) is 13.1 Å². The van der Waals surface area contributed by atoms with Crippen LogP contribution in [0.2, 0.25) is 5.02 Å². The molecule has 2 aromatic heterocycles. The Morgan fingerprint density at radius 2 is 2.39 bits per heavy atom. The number of carbonyl (C=O) groups is 1. The Morgan fingerprint density at radius 1 is 1.61 bits per heavy atom. The second-order valence-corrected chi connectivity index (χ2v) is 7.78. The molecule has 10 heteroatoms. The van der Waals surface area contributed by atoms with Crippen LogP contribution in [0, 0.1) is 0 Å². The van der Waals surface area contributed by atoms with Crippen LogP contribution in [0.25, 0.3) is 11.0 Å². The Balaban J connectivity index is 1.87. The van der Waals surface area contributed by atoms with E-state index in [0.717, 1.165) is 19.4 Å². The average Bonchev–Trinajstić information content (AvgIpc) is 3.10. The fourth-order valence-corrected chi connectivity index (χ4v) is 3.70. The molecule has 1 fully saturated rings. The number of fused-ring (bicyclic) bond motifs is 1. The first-order valence-corrected chi connectivity index (χ1v) is 10.7. The number of nitrogens with one attached hydrogen (secondary N) is 2. The third-order valence-corrected chi connectivity index (χ3v) is 5.46. The van der Waals surface area contributed by atoms with Gasteiger partial charge < -0.3 is 20.9 Å². The van der Waals surface area contributed by atoms with E-state index in [1.807, 2.05) is 22.6 Å². The van der Waals surface area contributed by atoms with E-state index in [-0.39, 0.29) is 28.0 Å². The van der Waals surface area contributed by atoms with Crippen molar-refractivity contribution in [2.75, 3.05) is 17.5 Å². The molecule has 7 nitrogen and oxygen atoms in total. The molecule has 1 aliphatic rings. The molecule has 28 heavy (non-hydrogen) atoms. The molecule has 1 aliphatic heterocycles. The molecule has 0 aromatic carbocycles. The van der Waals surface area contributed by atoms with Gasteiger partial charge in [-0.05, 0) is 18.9 Å². The number of amides is 1. The summed E-state index contributed by atoms with van der Waals surface area (Å²) in [4.78, 5) is 24.9. The van der Waals surface area contributed by atoms with Crippen LogP contribution in [-0.2, 0) is 4.79 Å². The molecule has 3 heterocycles. The quantitative estimate of drug-likeness (QED) is 0.245. The van der Waals surface area contributed by atoms with Gasteiger partial charge in [-0.1, -0.05) is 34.2 Å². The fraction of sp³-hybridized carbons (Fsp3) is 0.389. The van der Waals surface area contributed by atoms with Gasteiger partial charge in [0.2, 0.25) is 5.91 Å². The number of H-pyrrole nitrogens is 1. The Labute approximate surface area is 180 Å². The summed E-state index contributed by atoms with van der Waals surface area (Å²) in [6.45, 7) is 2.77. The van der Waals surface area contributed by atoms with Crippen molar-refractivity contribution in [2.24, 2.45) is 10.7 Å². The van der Waals surface area contributed by atoms with Crippen LogP contribution in [-0.4, -0.2) is 50.2 Å². The van der Waals surface area contributed by atoms with Crippen LogP contribution in [0.5, 0.6) is 0 Å². The maximum absolute atomic E-state index is 14.5. The topological polar surface area (TPSA) is 99.4 Å². The highest BCUT2D eigenvalue weighted by atomic mass is 127. The van der Waals surface area contributed by atoms with E-state index in [1.54, 1.807) is 17.2 Å². The Bertz CT molecular complexity index is 943. The summed E-state index contributed by atoms with van der Waals surface area (Å²) in [5, 5.41) is 4.31. The first-order valence-electron chi connectivity index (χ1n) is 8.83. The third kappa shape index (κ3) is 4.75. The van der Waals surface area contributed by atoms with Crippen molar-refractivity contribution < 1.29 is 9.18 Å². The number of aromatic amines is 1. The number of rotatable bonds is 5. The van der Waals surface area contributed by atoms with Crippen LogP contribution >= 0.6 is 34.2 Å². The smallest absolute Gasteiger partial charge is 0.219 e. The number of nitrogens with zero attached hydrogens (tertiary/aromatic N) is 3. The number of aliphatic imine (C=N–C) groups is 1. The van der Waals surface area contributed by atoms with Crippen molar-refractivity contribution >= 4 is 57.0 Å². The molecule has 4 N–H and O–H groups in total. The Hall–Kier alpha value is -1.88. The van der Waals surface area contributed by atoms with Crippen LogP contribution in [0.4, 0.5) is 4.39 Å². The molecular formula is C18H21ClFIN6O. The first kappa shape index (κ1) is 20.8. The highest BCUT2D eigenvalue weighted by molar-refractivity contribution is 14.1. The number of carbonyl (C=O) groups excluding carboxylic acids is 1. The van der Waals surface area contributed by atoms with E-state index < -0.39 is 5.83 Å². The van der Waals surface area contributed by atoms with Crippen LogP contribution in [0.3, 0.4) is 0 Å². The van der Waals surface area contributed by atoms with Gasteiger partial charge in [-0.2, -0.15) is 0 Å². The van der Waals surface area contributed by atoms with Gasteiger partial charge in [-0.15, -0.1) is 0 Å². The maximum atomic E-state index is 14.5. The van der Waals surface area contributed by atoms with Gasteiger partial charge in [-0.25, -0.2) is 14.4 Å². The lowest BCUT2D eigenvalue weighted by Gasteiger charge is -2.33. The monoisotopic (exact) mass is 518 g/mol. The number of nitrogens with two attached hydrogens (primary N) is 1. The summed E-state index contributed by atoms with van der Waals surface area (Å²) in [5.74, 6) is -0.152. The zero-order valence-corrected chi connectivity index (χ0v) is 18.2. The molecule has 0 spiro atoms.